The number of nitrogens with one attached hydrogen (secondary N) is 2. The molecule has 0 saturated heterocycles. The van der Waals surface area contributed by atoms with E-state index in [1.54, 1.807) is 32.9 Å². The first-order chi connectivity index (χ1) is 16.5. The van der Waals surface area contributed by atoms with E-state index < -0.39 is 41.6 Å². The zero-order valence-electron chi connectivity index (χ0n) is 21.6. The molecule has 0 aliphatic heterocycles. The zero-order valence-corrected chi connectivity index (χ0v) is 22.4. The van der Waals surface area contributed by atoms with E-state index in [0.29, 0.717) is 12.0 Å². The molecule has 35 heavy (non-hydrogen) atoms. The highest BCUT2D eigenvalue weighted by molar-refractivity contribution is 7.80. The summed E-state index contributed by atoms with van der Waals surface area (Å²) in [4.78, 5) is 52.4. The molecule has 196 valence electrons. The minimum atomic E-state index is -1.02. The van der Waals surface area contributed by atoms with Gasteiger partial charge in [0.15, 0.2) is 0 Å². The van der Waals surface area contributed by atoms with Crippen LogP contribution in [-0.2, 0) is 30.3 Å². The van der Waals surface area contributed by atoms with Crippen molar-refractivity contribution >= 4 is 36.5 Å². The molecule has 2 atom stereocenters. The minimum Gasteiger partial charge on any atom is -0.468 e. The zero-order chi connectivity index (χ0) is 26.6. The van der Waals surface area contributed by atoms with Gasteiger partial charge in [-0.3, -0.25) is 14.4 Å². The maximum atomic E-state index is 13.7. The highest BCUT2D eigenvalue weighted by Crippen LogP contribution is 2.24. The van der Waals surface area contributed by atoms with Crippen molar-refractivity contribution in [2.24, 2.45) is 0 Å². The molecule has 0 aromatic heterocycles. The molecule has 1 rings (SSSR count). The van der Waals surface area contributed by atoms with Crippen LogP contribution in [0.2, 0.25) is 0 Å². The second-order valence-corrected chi connectivity index (χ2v) is 9.42. The molecule has 0 heterocycles. The molecule has 0 saturated carbocycles. The van der Waals surface area contributed by atoms with Crippen molar-refractivity contribution in [2.75, 3.05) is 26.0 Å². The van der Waals surface area contributed by atoms with E-state index >= 15 is 0 Å². The van der Waals surface area contributed by atoms with Crippen LogP contribution in [0.3, 0.4) is 0 Å². The topological polar surface area (TPSA) is 114 Å². The summed E-state index contributed by atoms with van der Waals surface area (Å²) in [6.45, 7) is 9.09. The fourth-order valence-electron chi connectivity index (χ4n) is 3.27. The fraction of sp³-hybridized carbons (Fsp3) is 0.600. The Morgan fingerprint density at radius 1 is 1.09 bits per heavy atom. The molecule has 9 nitrogen and oxygen atoms in total. The molecule has 0 aliphatic carbocycles. The number of rotatable bonds is 12. The van der Waals surface area contributed by atoms with Gasteiger partial charge in [0.05, 0.1) is 7.11 Å². The number of unbranched alkanes of at least 4 members (excludes halogenated alkanes) is 1. The van der Waals surface area contributed by atoms with Crippen molar-refractivity contribution in [1.82, 2.24) is 15.5 Å². The Balaban J connectivity index is 3.36. The largest absolute Gasteiger partial charge is 0.468 e. The third-order valence-electron chi connectivity index (χ3n) is 5.11. The molecule has 2 unspecified atom stereocenters. The highest BCUT2D eigenvalue weighted by atomic mass is 32.1. The standard InChI is InChI=1S/C25H39N3O6S/c1-7-9-14-28(23(31)19(16-35)27-24(32)34-25(3,4)5)21(22(30)26-15-20(29)33-6)18-12-10-17(8-2)11-13-18/h10-13,19,21,35H,7-9,14-16H2,1-6H3,(H,26,30)(H,27,32). The lowest BCUT2D eigenvalue weighted by molar-refractivity contribution is -0.144. The molecule has 0 spiro atoms. The van der Waals surface area contributed by atoms with Gasteiger partial charge in [-0.1, -0.05) is 44.5 Å². The van der Waals surface area contributed by atoms with Crippen LogP contribution in [-0.4, -0.2) is 66.4 Å². The number of benzene rings is 1. The number of alkyl carbamates (subject to hydrolysis) is 1. The smallest absolute Gasteiger partial charge is 0.408 e. The molecular weight excluding hydrogens is 470 g/mol. The van der Waals surface area contributed by atoms with Crippen LogP contribution in [0.15, 0.2) is 24.3 Å². The molecule has 0 aliphatic rings. The predicted molar refractivity (Wildman–Crippen MR) is 137 cm³/mol. The van der Waals surface area contributed by atoms with Gasteiger partial charge in [0.2, 0.25) is 11.8 Å². The fourth-order valence-corrected chi connectivity index (χ4v) is 3.51. The van der Waals surface area contributed by atoms with Crippen molar-refractivity contribution in [3.8, 4) is 0 Å². The van der Waals surface area contributed by atoms with Gasteiger partial charge in [-0.25, -0.2) is 4.79 Å². The lowest BCUT2D eigenvalue weighted by Crippen LogP contribution is -2.54. The predicted octanol–water partition coefficient (Wildman–Crippen LogP) is 3.03. The third kappa shape index (κ3) is 10.2. The van der Waals surface area contributed by atoms with E-state index in [9.17, 15) is 19.2 Å². The number of carbonyl (C=O) groups is 4. The Hall–Kier alpha value is -2.75. The van der Waals surface area contributed by atoms with Crippen molar-refractivity contribution in [3.05, 3.63) is 35.4 Å². The summed E-state index contributed by atoms with van der Waals surface area (Å²) in [5.41, 5.74) is 0.922. The minimum absolute atomic E-state index is 0.00593. The van der Waals surface area contributed by atoms with E-state index in [1.807, 2.05) is 26.0 Å². The number of ether oxygens (including phenoxy) is 2. The van der Waals surface area contributed by atoms with Gasteiger partial charge in [-0.05, 0) is 44.7 Å². The first kappa shape index (κ1) is 30.3. The van der Waals surface area contributed by atoms with Crippen molar-refractivity contribution in [1.29, 1.82) is 0 Å². The average Bonchev–Trinajstić information content (AvgIpc) is 2.81. The number of aryl methyl sites for hydroxylation is 1. The number of thiol groups is 1. The summed E-state index contributed by atoms with van der Waals surface area (Å²) in [5.74, 6) is -1.60. The Bertz CT molecular complexity index is 854. The molecule has 3 amide bonds. The molecule has 1 aromatic rings. The van der Waals surface area contributed by atoms with Crippen LogP contribution in [0.5, 0.6) is 0 Å². The number of hydrogen-bond donors (Lipinski definition) is 3. The van der Waals surface area contributed by atoms with E-state index in [1.165, 1.54) is 12.0 Å². The first-order valence-corrected chi connectivity index (χ1v) is 12.4. The second-order valence-electron chi connectivity index (χ2n) is 9.06. The van der Waals surface area contributed by atoms with E-state index in [-0.39, 0.29) is 18.8 Å². The van der Waals surface area contributed by atoms with Crippen LogP contribution in [0, 0.1) is 0 Å². The first-order valence-electron chi connectivity index (χ1n) is 11.8. The highest BCUT2D eigenvalue weighted by Gasteiger charge is 2.35. The van der Waals surface area contributed by atoms with E-state index in [4.69, 9.17) is 4.74 Å². The van der Waals surface area contributed by atoms with Gasteiger partial charge in [0.1, 0.15) is 24.2 Å². The van der Waals surface area contributed by atoms with Gasteiger partial charge >= 0.3 is 12.1 Å². The molecule has 0 radical (unpaired) electrons. The molecule has 0 fully saturated rings. The SMILES string of the molecule is CCCCN(C(=O)C(CS)NC(=O)OC(C)(C)C)C(C(=O)NCC(=O)OC)c1ccc(CC)cc1. The molecule has 1 aromatic carbocycles. The van der Waals surface area contributed by atoms with E-state index in [0.717, 1.165) is 18.4 Å². The summed E-state index contributed by atoms with van der Waals surface area (Å²) in [6.07, 6.45) is 1.48. The van der Waals surface area contributed by atoms with Crippen LogP contribution in [0.25, 0.3) is 0 Å². The number of amides is 3. The van der Waals surface area contributed by atoms with Crippen LogP contribution >= 0.6 is 12.6 Å². The number of methoxy groups -OCH3 is 1. The summed E-state index contributed by atoms with van der Waals surface area (Å²) >= 11 is 4.26. The summed E-state index contributed by atoms with van der Waals surface area (Å²) < 4.78 is 9.91. The summed E-state index contributed by atoms with van der Waals surface area (Å²) in [6, 6.07) is 5.35. The second kappa shape index (κ2) is 14.6. The number of carbonyl (C=O) groups excluding carboxylic acids is 4. The Kier molecular flexibility index (Phi) is 12.6. The average molecular weight is 510 g/mol. The van der Waals surface area contributed by atoms with E-state index in [2.05, 4.69) is 28.0 Å². The lowest BCUT2D eigenvalue weighted by Gasteiger charge is -2.34. The summed E-state index contributed by atoms with van der Waals surface area (Å²) in [5, 5.41) is 5.13. The van der Waals surface area contributed by atoms with Crippen molar-refractivity contribution < 1.29 is 28.7 Å². The van der Waals surface area contributed by atoms with Crippen LogP contribution < -0.4 is 10.6 Å². The Labute approximate surface area is 213 Å². The number of esters is 1. The Morgan fingerprint density at radius 2 is 1.71 bits per heavy atom. The number of hydrogen-bond acceptors (Lipinski definition) is 7. The van der Waals surface area contributed by atoms with Crippen LogP contribution in [0.1, 0.15) is 64.6 Å². The monoisotopic (exact) mass is 509 g/mol. The van der Waals surface area contributed by atoms with Gasteiger partial charge in [0, 0.05) is 12.3 Å². The normalized spacial score (nSPS) is 12.8. The molecule has 2 N–H and O–H groups in total. The van der Waals surface area contributed by atoms with Crippen molar-refractivity contribution in [2.45, 2.75) is 71.6 Å². The quantitative estimate of drug-likeness (QED) is 0.295. The van der Waals surface area contributed by atoms with Gasteiger partial charge < -0.3 is 25.0 Å². The van der Waals surface area contributed by atoms with Crippen molar-refractivity contribution in [3.63, 3.8) is 0 Å². The van der Waals surface area contributed by atoms with Gasteiger partial charge in [0.25, 0.3) is 0 Å². The van der Waals surface area contributed by atoms with Gasteiger partial charge in [-0.15, -0.1) is 0 Å². The van der Waals surface area contributed by atoms with Crippen LogP contribution in [0.4, 0.5) is 4.79 Å². The molecular formula is C25H39N3O6S. The Morgan fingerprint density at radius 3 is 2.20 bits per heavy atom. The molecule has 10 heteroatoms. The van der Waals surface area contributed by atoms with Gasteiger partial charge in [-0.2, -0.15) is 12.6 Å². The molecule has 0 bridgehead atoms. The maximum absolute atomic E-state index is 13.7. The maximum Gasteiger partial charge on any atom is 0.408 e. The number of nitrogens with zero attached hydrogens (tertiary/aromatic N) is 1. The lowest BCUT2D eigenvalue weighted by atomic mass is 10.00. The third-order valence-corrected chi connectivity index (χ3v) is 5.47. The summed E-state index contributed by atoms with van der Waals surface area (Å²) in [7, 11) is 1.23.